The molecular formula is C14H26N2. The topological polar surface area (TPSA) is 6.48 Å². The van der Waals surface area contributed by atoms with Crippen molar-refractivity contribution in [3.05, 3.63) is 0 Å². The van der Waals surface area contributed by atoms with E-state index in [1.54, 1.807) is 0 Å². The lowest BCUT2D eigenvalue weighted by Gasteiger charge is -2.46. The number of likely N-dealkylation sites (tertiary alicyclic amines) is 2. The van der Waals surface area contributed by atoms with Crippen molar-refractivity contribution >= 4 is 0 Å². The van der Waals surface area contributed by atoms with Crippen molar-refractivity contribution in [3.8, 4) is 0 Å². The second kappa shape index (κ2) is 4.30. The molecule has 0 aromatic rings. The number of hydrogen-bond acceptors (Lipinski definition) is 2. The highest BCUT2D eigenvalue weighted by molar-refractivity contribution is 4.93. The molecule has 2 nitrogen and oxygen atoms in total. The van der Waals surface area contributed by atoms with Crippen LogP contribution in [0, 0.1) is 11.8 Å². The predicted octanol–water partition coefficient (Wildman–Crippen LogP) is 2.20. The highest BCUT2D eigenvalue weighted by Gasteiger charge is 2.39. The fourth-order valence-electron chi connectivity index (χ4n) is 3.66. The van der Waals surface area contributed by atoms with Crippen LogP contribution in [0.15, 0.2) is 0 Å². The molecule has 1 aliphatic carbocycles. The van der Waals surface area contributed by atoms with Gasteiger partial charge in [-0.05, 0) is 64.5 Å². The van der Waals surface area contributed by atoms with Crippen LogP contribution in [-0.4, -0.2) is 48.1 Å². The van der Waals surface area contributed by atoms with Crippen LogP contribution in [-0.2, 0) is 0 Å². The van der Waals surface area contributed by atoms with Gasteiger partial charge in [0, 0.05) is 25.2 Å². The molecule has 0 bridgehead atoms. The Morgan fingerprint density at radius 2 is 1.62 bits per heavy atom. The zero-order valence-corrected chi connectivity index (χ0v) is 10.9. The maximum Gasteiger partial charge on any atom is 0.00965 e. The summed E-state index contributed by atoms with van der Waals surface area (Å²) < 4.78 is 0. The fraction of sp³-hybridized carbons (Fsp3) is 1.00. The lowest BCUT2D eigenvalue weighted by molar-refractivity contribution is 0.0265. The van der Waals surface area contributed by atoms with Crippen molar-refractivity contribution in [2.24, 2.45) is 11.8 Å². The van der Waals surface area contributed by atoms with Gasteiger partial charge in [-0.3, -0.25) is 0 Å². The zero-order valence-electron chi connectivity index (χ0n) is 10.9. The number of piperidine rings is 2. The number of nitrogens with zero attached hydrogens (tertiary/aromatic N) is 2. The van der Waals surface area contributed by atoms with Crippen LogP contribution in [0.3, 0.4) is 0 Å². The van der Waals surface area contributed by atoms with Gasteiger partial charge in [0.25, 0.3) is 0 Å². The van der Waals surface area contributed by atoms with Crippen LogP contribution >= 0.6 is 0 Å². The molecule has 2 atom stereocenters. The number of rotatable bonds is 2. The third-order valence-corrected chi connectivity index (χ3v) is 4.97. The Hall–Kier alpha value is -0.0800. The van der Waals surface area contributed by atoms with Crippen LogP contribution in [0.4, 0.5) is 0 Å². The van der Waals surface area contributed by atoms with Crippen LogP contribution in [0.2, 0.25) is 0 Å². The Kier molecular flexibility index (Phi) is 2.97. The summed E-state index contributed by atoms with van der Waals surface area (Å²) in [6.45, 7) is 10.2. The highest BCUT2D eigenvalue weighted by atomic mass is 15.2. The highest BCUT2D eigenvalue weighted by Crippen LogP contribution is 2.36. The summed E-state index contributed by atoms with van der Waals surface area (Å²) in [6.07, 6.45) is 5.89. The second-order valence-electron chi connectivity index (χ2n) is 6.41. The quantitative estimate of drug-likeness (QED) is 0.707. The van der Waals surface area contributed by atoms with Gasteiger partial charge in [0.2, 0.25) is 0 Å². The molecular weight excluding hydrogens is 196 g/mol. The van der Waals surface area contributed by atoms with Gasteiger partial charge in [0.05, 0.1) is 0 Å². The molecule has 3 aliphatic rings. The lowest BCUT2D eigenvalue weighted by Crippen LogP contribution is -2.51. The minimum atomic E-state index is 0.747. The molecule has 0 aromatic carbocycles. The van der Waals surface area contributed by atoms with Gasteiger partial charge < -0.3 is 9.80 Å². The Morgan fingerprint density at radius 1 is 0.875 bits per heavy atom. The summed E-state index contributed by atoms with van der Waals surface area (Å²) in [6, 6.07) is 1.73. The third kappa shape index (κ3) is 2.14. The van der Waals surface area contributed by atoms with E-state index >= 15 is 0 Å². The Morgan fingerprint density at radius 3 is 2.31 bits per heavy atom. The Bertz CT molecular complexity index is 231. The number of fused-ring (bicyclic) bond motifs is 1. The molecule has 3 rings (SSSR count). The van der Waals surface area contributed by atoms with E-state index in [9.17, 15) is 0 Å². The molecule has 0 amide bonds. The Labute approximate surface area is 100.0 Å². The van der Waals surface area contributed by atoms with Crippen LogP contribution in [0.1, 0.15) is 39.5 Å². The molecule has 1 saturated carbocycles. The lowest BCUT2D eigenvalue weighted by atomic mass is 9.79. The first kappa shape index (κ1) is 11.0. The van der Waals surface area contributed by atoms with Crippen molar-refractivity contribution in [1.82, 2.24) is 9.80 Å². The predicted molar refractivity (Wildman–Crippen MR) is 67.5 cm³/mol. The van der Waals surface area contributed by atoms with E-state index < -0.39 is 0 Å². The molecule has 3 fully saturated rings. The van der Waals surface area contributed by atoms with E-state index in [1.807, 2.05) is 0 Å². The molecule has 16 heavy (non-hydrogen) atoms. The first-order valence-electron chi connectivity index (χ1n) is 7.22. The minimum absolute atomic E-state index is 0.747. The molecule has 0 aromatic heterocycles. The van der Waals surface area contributed by atoms with Crippen LogP contribution < -0.4 is 0 Å². The molecule has 0 radical (unpaired) electrons. The molecule has 2 aliphatic heterocycles. The Balaban J connectivity index is 1.60. The first-order chi connectivity index (χ1) is 7.74. The minimum Gasteiger partial charge on any atom is -0.301 e. The molecule has 2 unspecified atom stereocenters. The molecule has 2 heterocycles. The van der Waals surface area contributed by atoms with Gasteiger partial charge in [-0.25, -0.2) is 0 Å². The van der Waals surface area contributed by atoms with Crippen molar-refractivity contribution < 1.29 is 0 Å². The molecule has 92 valence electrons. The average molecular weight is 222 g/mol. The smallest absolute Gasteiger partial charge is 0.00965 e. The van der Waals surface area contributed by atoms with Gasteiger partial charge in [-0.1, -0.05) is 0 Å². The monoisotopic (exact) mass is 222 g/mol. The van der Waals surface area contributed by atoms with Crippen LogP contribution in [0.25, 0.3) is 0 Å². The summed E-state index contributed by atoms with van der Waals surface area (Å²) in [4.78, 5) is 5.47. The van der Waals surface area contributed by atoms with E-state index in [2.05, 4.69) is 23.6 Å². The van der Waals surface area contributed by atoms with E-state index in [-0.39, 0.29) is 0 Å². The van der Waals surface area contributed by atoms with E-state index in [1.165, 1.54) is 51.9 Å². The second-order valence-corrected chi connectivity index (χ2v) is 6.41. The molecule has 2 saturated heterocycles. The van der Waals surface area contributed by atoms with Gasteiger partial charge in [0.15, 0.2) is 0 Å². The summed E-state index contributed by atoms with van der Waals surface area (Å²) in [5.74, 6) is 2.02. The van der Waals surface area contributed by atoms with Crippen LogP contribution in [0.5, 0.6) is 0 Å². The van der Waals surface area contributed by atoms with Gasteiger partial charge in [-0.15, -0.1) is 0 Å². The van der Waals surface area contributed by atoms with Crippen molar-refractivity contribution in [3.63, 3.8) is 0 Å². The van der Waals surface area contributed by atoms with E-state index in [0.717, 1.165) is 23.9 Å². The van der Waals surface area contributed by atoms with Crippen molar-refractivity contribution in [1.29, 1.82) is 0 Å². The van der Waals surface area contributed by atoms with Gasteiger partial charge >= 0.3 is 0 Å². The van der Waals surface area contributed by atoms with E-state index in [0.29, 0.717) is 0 Å². The maximum atomic E-state index is 2.78. The average Bonchev–Trinajstić information content (AvgIpc) is 3.11. The summed E-state index contributed by atoms with van der Waals surface area (Å²) in [5.41, 5.74) is 0. The van der Waals surface area contributed by atoms with Crippen molar-refractivity contribution in [2.45, 2.75) is 51.6 Å². The zero-order chi connectivity index (χ0) is 11.1. The maximum absolute atomic E-state index is 2.78. The first-order valence-corrected chi connectivity index (χ1v) is 7.22. The van der Waals surface area contributed by atoms with E-state index in [4.69, 9.17) is 0 Å². The SMILES string of the molecule is CC(C)N1CCC2CCN(C3CC3)CC2C1. The largest absolute Gasteiger partial charge is 0.301 e. The van der Waals surface area contributed by atoms with Gasteiger partial charge in [-0.2, -0.15) is 0 Å². The normalized spacial score (nSPS) is 37.7. The molecule has 0 spiro atoms. The number of hydrogen-bond donors (Lipinski definition) is 0. The fourth-order valence-corrected chi connectivity index (χ4v) is 3.66. The van der Waals surface area contributed by atoms with Gasteiger partial charge in [0.1, 0.15) is 0 Å². The molecule has 0 N–H and O–H groups in total. The van der Waals surface area contributed by atoms with Crippen molar-refractivity contribution in [2.75, 3.05) is 26.2 Å². The summed E-state index contributed by atoms with van der Waals surface area (Å²) in [5, 5.41) is 0. The summed E-state index contributed by atoms with van der Waals surface area (Å²) in [7, 11) is 0. The third-order valence-electron chi connectivity index (χ3n) is 4.97. The molecule has 2 heteroatoms. The standard InChI is InChI=1S/C14H26N2/c1-11(2)15-7-5-12-6-8-16(14-3-4-14)10-13(12)9-15/h11-14H,3-10H2,1-2H3. The summed E-state index contributed by atoms with van der Waals surface area (Å²) >= 11 is 0.